The first-order valence-corrected chi connectivity index (χ1v) is 5.39. The predicted octanol–water partition coefficient (Wildman–Crippen LogP) is 3.12. The van der Waals surface area contributed by atoms with Crippen LogP contribution in [-0.2, 0) is 4.74 Å². The highest BCUT2D eigenvalue weighted by molar-refractivity contribution is 5.90. The van der Waals surface area contributed by atoms with Gasteiger partial charge in [0.1, 0.15) is 5.82 Å². The summed E-state index contributed by atoms with van der Waals surface area (Å²) in [5.74, 6) is -2.65. The molecule has 0 atom stereocenters. The molecule has 0 aliphatic carbocycles. The molecule has 98 valence electrons. The van der Waals surface area contributed by atoms with Gasteiger partial charge in [0.2, 0.25) is 0 Å². The van der Waals surface area contributed by atoms with Crippen molar-refractivity contribution in [2.75, 3.05) is 7.11 Å². The number of halogens is 2. The average Bonchev–Trinajstić information content (AvgIpc) is 2.41. The van der Waals surface area contributed by atoms with E-state index >= 15 is 0 Å². The summed E-state index contributed by atoms with van der Waals surface area (Å²) in [6.45, 7) is 0. The maximum absolute atomic E-state index is 13.9. The quantitative estimate of drug-likeness (QED) is 0.848. The molecule has 0 saturated heterocycles. The minimum absolute atomic E-state index is 0.0788. The molecule has 0 heterocycles. The first-order valence-electron chi connectivity index (χ1n) is 5.39. The SMILES string of the molecule is COC(=O)c1ccc(-c2ccc(F)c(O)c2)c(F)c1. The first kappa shape index (κ1) is 13.0. The van der Waals surface area contributed by atoms with Gasteiger partial charge in [0, 0.05) is 5.56 Å². The van der Waals surface area contributed by atoms with Crippen LogP contribution in [0, 0.1) is 11.6 Å². The third-order valence-electron chi connectivity index (χ3n) is 2.65. The summed E-state index contributed by atoms with van der Waals surface area (Å²) in [6, 6.07) is 7.29. The zero-order chi connectivity index (χ0) is 14.0. The largest absolute Gasteiger partial charge is 0.505 e. The van der Waals surface area contributed by atoms with E-state index in [-0.39, 0.29) is 11.1 Å². The van der Waals surface area contributed by atoms with Crippen LogP contribution in [0.1, 0.15) is 10.4 Å². The second-order valence-corrected chi connectivity index (χ2v) is 3.85. The number of phenolic OH excluding ortho intramolecular Hbond substituents is 1. The molecule has 0 unspecified atom stereocenters. The zero-order valence-electron chi connectivity index (χ0n) is 9.98. The van der Waals surface area contributed by atoms with Crippen molar-refractivity contribution in [1.82, 2.24) is 0 Å². The molecule has 0 saturated carbocycles. The predicted molar refractivity (Wildman–Crippen MR) is 64.8 cm³/mol. The van der Waals surface area contributed by atoms with E-state index in [4.69, 9.17) is 0 Å². The summed E-state index contributed by atoms with van der Waals surface area (Å²) in [5, 5.41) is 9.26. The van der Waals surface area contributed by atoms with Crippen molar-refractivity contribution < 1.29 is 23.4 Å². The maximum atomic E-state index is 13.9. The van der Waals surface area contributed by atoms with E-state index in [9.17, 15) is 18.7 Å². The Hall–Kier alpha value is -2.43. The fourth-order valence-corrected chi connectivity index (χ4v) is 1.67. The van der Waals surface area contributed by atoms with Gasteiger partial charge in [-0.3, -0.25) is 0 Å². The van der Waals surface area contributed by atoms with Crippen LogP contribution in [-0.4, -0.2) is 18.2 Å². The smallest absolute Gasteiger partial charge is 0.337 e. The average molecular weight is 264 g/mol. The van der Waals surface area contributed by atoms with Gasteiger partial charge in [-0.15, -0.1) is 0 Å². The lowest BCUT2D eigenvalue weighted by atomic mass is 10.0. The molecule has 0 bridgehead atoms. The van der Waals surface area contributed by atoms with Gasteiger partial charge in [-0.1, -0.05) is 12.1 Å². The van der Waals surface area contributed by atoms with Crippen molar-refractivity contribution in [3.05, 3.63) is 53.6 Å². The first-order chi connectivity index (χ1) is 9.02. The number of phenols is 1. The molecule has 2 rings (SSSR count). The Labute approximate surface area is 108 Å². The number of aromatic hydroxyl groups is 1. The summed E-state index contributed by atoms with van der Waals surface area (Å²) in [4.78, 5) is 11.2. The Morgan fingerprint density at radius 1 is 1.11 bits per heavy atom. The molecule has 0 spiro atoms. The van der Waals surface area contributed by atoms with E-state index in [1.54, 1.807) is 0 Å². The number of hydrogen-bond acceptors (Lipinski definition) is 3. The molecule has 0 aliphatic heterocycles. The van der Waals surface area contributed by atoms with Crippen LogP contribution >= 0.6 is 0 Å². The normalized spacial score (nSPS) is 10.3. The van der Waals surface area contributed by atoms with Crippen molar-refractivity contribution in [1.29, 1.82) is 0 Å². The molecule has 1 N–H and O–H groups in total. The fraction of sp³-hybridized carbons (Fsp3) is 0.0714. The minimum atomic E-state index is -0.782. The molecule has 0 aromatic heterocycles. The minimum Gasteiger partial charge on any atom is -0.505 e. The molecule has 0 amide bonds. The van der Waals surface area contributed by atoms with Gasteiger partial charge >= 0.3 is 5.97 Å². The van der Waals surface area contributed by atoms with Crippen LogP contribution in [0.4, 0.5) is 8.78 Å². The summed E-state index contributed by atoms with van der Waals surface area (Å²) in [5.41, 5.74) is 0.547. The highest BCUT2D eigenvalue weighted by atomic mass is 19.1. The van der Waals surface area contributed by atoms with Crippen LogP contribution in [0.25, 0.3) is 11.1 Å². The Balaban J connectivity index is 2.46. The van der Waals surface area contributed by atoms with E-state index in [0.717, 1.165) is 18.2 Å². The van der Waals surface area contributed by atoms with E-state index in [0.29, 0.717) is 5.56 Å². The molecular formula is C14H10F2O3. The van der Waals surface area contributed by atoms with Crippen molar-refractivity contribution >= 4 is 5.97 Å². The molecule has 5 heteroatoms. The highest BCUT2D eigenvalue weighted by Gasteiger charge is 2.12. The number of esters is 1. The molecule has 3 nitrogen and oxygen atoms in total. The van der Waals surface area contributed by atoms with Crippen LogP contribution < -0.4 is 0 Å². The Morgan fingerprint density at radius 2 is 1.84 bits per heavy atom. The number of hydrogen-bond donors (Lipinski definition) is 1. The van der Waals surface area contributed by atoms with Crippen molar-refractivity contribution in [2.45, 2.75) is 0 Å². The van der Waals surface area contributed by atoms with Crippen molar-refractivity contribution in [3.63, 3.8) is 0 Å². The standard InChI is InChI=1S/C14H10F2O3/c1-19-14(18)9-2-4-10(12(16)6-9)8-3-5-11(15)13(17)7-8/h2-7,17H,1H3. The zero-order valence-corrected chi connectivity index (χ0v) is 9.98. The van der Waals surface area contributed by atoms with E-state index in [1.807, 2.05) is 0 Å². The van der Waals surface area contributed by atoms with Gasteiger partial charge in [-0.25, -0.2) is 13.6 Å². The van der Waals surface area contributed by atoms with Crippen LogP contribution in [0.3, 0.4) is 0 Å². The lowest BCUT2D eigenvalue weighted by molar-refractivity contribution is 0.0600. The molecule has 0 radical (unpaired) electrons. The lowest BCUT2D eigenvalue weighted by Gasteiger charge is -2.06. The van der Waals surface area contributed by atoms with Crippen LogP contribution in [0.5, 0.6) is 5.75 Å². The van der Waals surface area contributed by atoms with Gasteiger partial charge in [-0.05, 0) is 29.8 Å². The van der Waals surface area contributed by atoms with Gasteiger partial charge in [0.25, 0.3) is 0 Å². The maximum Gasteiger partial charge on any atom is 0.337 e. The number of benzene rings is 2. The second-order valence-electron chi connectivity index (χ2n) is 3.85. The summed E-state index contributed by atoms with van der Waals surface area (Å²) >= 11 is 0. The number of carbonyl (C=O) groups excluding carboxylic acids is 1. The molecule has 0 aliphatic rings. The molecule has 2 aromatic rings. The Kier molecular flexibility index (Phi) is 3.46. The fourth-order valence-electron chi connectivity index (χ4n) is 1.67. The number of rotatable bonds is 2. The number of methoxy groups -OCH3 is 1. The highest BCUT2D eigenvalue weighted by Crippen LogP contribution is 2.28. The van der Waals surface area contributed by atoms with E-state index in [2.05, 4.69) is 4.74 Å². The van der Waals surface area contributed by atoms with Crippen molar-refractivity contribution in [3.8, 4) is 16.9 Å². The second kappa shape index (κ2) is 5.06. The van der Waals surface area contributed by atoms with Gasteiger partial charge in [-0.2, -0.15) is 0 Å². The van der Waals surface area contributed by atoms with Crippen LogP contribution in [0.15, 0.2) is 36.4 Å². The van der Waals surface area contributed by atoms with E-state index in [1.165, 1.54) is 25.3 Å². The Morgan fingerprint density at radius 3 is 2.42 bits per heavy atom. The van der Waals surface area contributed by atoms with Crippen LogP contribution in [0.2, 0.25) is 0 Å². The monoisotopic (exact) mass is 264 g/mol. The summed E-state index contributed by atoms with van der Waals surface area (Å²) in [7, 11) is 1.20. The van der Waals surface area contributed by atoms with Gasteiger partial charge in [0.15, 0.2) is 11.6 Å². The number of carbonyl (C=O) groups is 1. The molecule has 2 aromatic carbocycles. The molecule has 0 fully saturated rings. The molecular weight excluding hydrogens is 254 g/mol. The summed E-state index contributed by atoms with van der Waals surface area (Å²) in [6.07, 6.45) is 0. The van der Waals surface area contributed by atoms with E-state index < -0.39 is 23.4 Å². The number of ether oxygens (including phenoxy) is 1. The topological polar surface area (TPSA) is 46.5 Å². The Bertz CT molecular complexity index is 639. The van der Waals surface area contributed by atoms with Gasteiger partial charge < -0.3 is 9.84 Å². The third kappa shape index (κ3) is 2.54. The van der Waals surface area contributed by atoms with Gasteiger partial charge in [0.05, 0.1) is 12.7 Å². The molecule has 19 heavy (non-hydrogen) atoms. The third-order valence-corrected chi connectivity index (χ3v) is 2.65. The lowest BCUT2D eigenvalue weighted by Crippen LogP contribution is -2.01. The summed E-state index contributed by atoms with van der Waals surface area (Å²) < 4.78 is 31.3. The van der Waals surface area contributed by atoms with Crippen molar-refractivity contribution in [2.24, 2.45) is 0 Å².